The van der Waals surface area contributed by atoms with Crippen molar-refractivity contribution in [2.24, 2.45) is 4.99 Å². The van der Waals surface area contributed by atoms with Gasteiger partial charge in [-0.2, -0.15) is 0 Å². The number of carbonyl (C=O) groups excluding carboxylic acids is 1. The summed E-state index contributed by atoms with van der Waals surface area (Å²) in [5, 5.41) is 7.00. The van der Waals surface area contributed by atoms with Gasteiger partial charge in [0.1, 0.15) is 12.0 Å². The molecule has 0 spiro atoms. The smallest absolute Gasteiger partial charge is 0.164 e. The van der Waals surface area contributed by atoms with Gasteiger partial charge >= 0.3 is 0 Å². The Hall–Kier alpha value is -2.05. The van der Waals surface area contributed by atoms with Crippen molar-refractivity contribution in [2.45, 2.75) is 65.2 Å². The molecule has 0 saturated carbocycles. The van der Waals surface area contributed by atoms with Crippen LogP contribution in [0.4, 0.5) is 5.69 Å². The molecule has 174 valence electrons. The fraction of sp³-hybridized carbons (Fsp3) is 0.520. The Morgan fingerprint density at radius 3 is 2.19 bits per heavy atom. The molecule has 0 unspecified atom stereocenters. The topological polar surface area (TPSA) is 62.1 Å². The van der Waals surface area contributed by atoms with Crippen LogP contribution in [0, 0.1) is 0 Å². The molecule has 0 amide bonds. The highest BCUT2D eigenvalue weighted by Gasteiger charge is 2.18. The molecular weight excluding hydrogens is 408 g/mol. The number of allylic oxidation sites excluding steroid dienone is 4. The van der Waals surface area contributed by atoms with Gasteiger partial charge in [-0.15, -0.1) is 11.8 Å². The van der Waals surface area contributed by atoms with E-state index in [1.54, 1.807) is 18.0 Å². The van der Waals surface area contributed by atoms with E-state index in [9.17, 15) is 4.79 Å². The lowest BCUT2D eigenvalue weighted by Gasteiger charge is -2.28. The van der Waals surface area contributed by atoms with Crippen molar-refractivity contribution < 1.29 is 14.6 Å². The summed E-state index contributed by atoms with van der Waals surface area (Å²) in [5.74, 6) is 1.49. The second-order valence-corrected chi connectivity index (χ2v) is 7.71. The summed E-state index contributed by atoms with van der Waals surface area (Å²) in [7, 11) is 1.00. The molecule has 0 radical (unpaired) electrons. The van der Waals surface area contributed by atoms with Gasteiger partial charge in [0.15, 0.2) is 5.75 Å². The third kappa shape index (κ3) is 10.2. The van der Waals surface area contributed by atoms with Gasteiger partial charge in [0.2, 0.25) is 0 Å². The van der Waals surface area contributed by atoms with Gasteiger partial charge in [-0.05, 0) is 58.1 Å². The van der Waals surface area contributed by atoms with Crippen LogP contribution in [-0.2, 0) is 0 Å². The highest BCUT2D eigenvalue weighted by Crippen LogP contribution is 2.40. The zero-order valence-corrected chi connectivity index (χ0v) is 21.1. The Bertz CT molecular complexity index is 735. The number of carbonyl (C=O) groups is 1. The van der Waals surface area contributed by atoms with E-state index in [0.29, 0.717) is 11.3 Å². The Morgan fingerprint density at radius 2 is 1.74 bits per heavy atom. The SMILES string of the molecule is CO.C\C=C(C)/N=C/C(=C\C)Oc1c(SC)cc(C=O)cc1N(CCCC)CCCC. The van der Waals surface area contributed by atoms with Crippen LogP contribution >= 0.6 is 11.8 Å². The van der Waals surface area contributed by atoms with E-state index in [4.69, 9.17) is 9.84 Å². The van der Waals surface area contributed by atoms with Gasteiger partial charge < -0.3 is 14.7 Å². The van der Waals surface area contributed by atoms with Crippen LogP contribution in [0.15, 0.2) is 45.6 Å². The number of ether oxygens (including phenoxy) is 1. The summed E-state index contributed by atoms with van der Waals surface area (Å²) in [6.45, 7) is 12.1. The molecule has 0 fully saturated rings. The Morgan fingerprint density at radius 1 is 1.13 bits per heavy atom. The van der Waals surface area contributed by atoms with Crippen LogP contribution in [0.2, 0.25) is 0 Å². The van der Waals surface area contributed by atoms with Gasteiger partial charge in [-0.1, -0.05) is 32.8 Å². The first-order chi connectivity index (χ1) is 15.0. The minimum Gasteiger partial charge on any atom is -0.453 e. The van der Waals surface area contributed by atoms with Gasteiger partial charge in [0.05, 0.1) is 16.8 Å². The highest BCUT2D eigenvalue weighted by atomic mass is 32.2. The average Bonchev–Trinajstić information content (AvgIpc) is 2.82. The summed E-state index contributed by atoms with van der Waals surface area (Å²) in [6.07, 6.45) is 13.0. The third-order valence-corrected chi connectivity index (χ3v) is 5.38. The van der Waals surface area contributed by atoms with Crippen LogP contribution in [0.5, 0.6) is 5.75 Å². The van der Waals surface area contributed by atoms with E-state index < -0.39 is 0 Å². The van der Waals surface area contributed by atoms with Gasteiger partial charge in [-0.3, -0.25) is 9.79 Å². The maximum atomic E-state index is 11.6. The van der Waals surface area contributed by atoms with E-state index in [-0.39, 0.29) is 0 Å². The van der Waals surface area contributed by atoms with Crippen molar-refractivity contribution >= 4 is 30.0 Å². The number of unbranched alkanes of at least 4 members (excludes halogenated alkanes) is 2. The molecule has 0 atom stereocenters. The first-order valence-electron chi connectivity index (χ1n) is 10.9. The molecule has 1 aromatic carbocycles. The Labute approximate surface area is 193 Å². The molecule has 1 aromatic rings. The number of aliphatic hydroxyl groups excluding tert-OH is 1. The number of hydrogen-bond donors (Lipinski definition) is 1. The van der Waals surface area contributed by atoms with Crippen LogP contribution in [0.1, 0.15) is 70.7 Å². The number of anilines is 1. The average molecular weight is 449 g/mol. The number of aliphatic imine (C=N–C) groups is 1. The molecule has 0 saturated heterocycles. The molecule has 6 heteroatoms. The first-order valence-corrected chi connectivity index (χ1v) is 12.1. The predicted octanol–water partition coefficient (Wildman–Crippen LogP) is 6.51. The molecule has 0 aliphatic rings. The lowest BCUT2D eigenvalue weighted by Crippen LogP contribution is -2.26. The summed E-state index contributed by atoms with van der Waals surface area (Å²) in [6, 6.07) is 3.85. The fourth-order valence-corrected chi connectivity index (χ4v) is 3.32. The predicted molar refractivity (Wildman–Crippen MR) is 136 cm³/mol. The van der Waals surface area contributed by atoms with Crippen molar-refractivity contribution in [3.05, 3.63) is 41.3 Å². The first kappa shape index (κ1) is 28.9. The zero-order chi connectivity index (χ0) is 23.6. The number of aldehydes is 1. The summed E-state index contributed by atoms with van der Waals surface area (Å²) in [5.41, 5.74) is 2.59. The van der Waals surface area contributed by atoms with Crippen molar-refractivity contribution in [3.63, 3.8) is 0 Å². The van der Waals surface area contributed by atoms with Crippen molar-refractivity contribution in [1.29, 1.82) is 0 Å². The Kier molecular flexibility index (Phi) is 16.4. The molecule has 0 bridgehead atoms. The molecular formula is C25H40N2O3S. The summed E-state index contributed by atoms with van der Waals surface area (Å²) in [4.78, 5) is 19.3. The number of thioether (sulfide) groups is 1. The number of nitrogens with zero attached hydrogens (tertiary/aromatic N) is 2. The van der Waals surface area contributed by atoms with E-state index in [2.05, 4.69) is 23.7 Å². The second kappa shape index (κ2) is 17.6. The van der Waals surface area contributed by atoms with Crippen molar-refractivity contribution in [2.75, 3.05) is 31.4 Å². The third-order valence-electron chi connectivity index (χ3n) is 4.64. The minimum atomic E-state index is 0.676. The maximum Gasteiger partial charge on any atom is 0.164 e. The lowest BCUT2D eigenvalue weighted by molar-refractivity contribution is 0.112. The highest BCUT2D eigenvalue weighted by molar-refractivity contribution is 7.98. The molecule has 0 heterocycles. The fourth-order valence-electron chi connectivity index (χ4n) is 2.73. The molecule has 0 aromatic heterocycles. The second-order valence-electron chi connectivity index (χ2n) is 6.86. The molecule has 31 heavy (non-hydrogen) atoms. The van der Waals surface area contributed by atoms with Crippen LogP contribution < -0.4 is 9.64 Å². The summed E-state index contributed by atoms with van der Waals surface area (Å²) >= 11 is 1.59. The standard InChI is InChI=1S/C24H36N2O2S.CH4O/c1-7-11-13-26(14-12-8-2)22-15-20(18-27)16-23(29-6)24(22)28-21(10-4)17-25-19(5)9-3;1-2/h9-10,15-18H,7-8,11-14H2,1-6H3;2H,1H3/b19-9-,21-10+,25-17+;. The quantitative estimate of drug-likeness (QED) is 0.161. The van der Waals surface area contributed by atoms with Crippen molar-refractivity contribution in [3.8, 4) is 5.75 Å². The lowest BCUT2D eigenvalue weighted by atomic mass is 10.1. The molecule has 0 aliphatic heterocycles. The van der Waals surface area contributed by atoms with Crippen molar-refractivity contribution in [1.82, 2.24) is 0 Å². The van der Waals surface area contributed by atoms with Gasteiger partial charge in [0, 0.05) is 31.5 Å². The van der Waals surface area contributed by atoms with Crippen LogP contribution in [0.3, 0.4) is 0 Å². The normalized spacial score (nSPS) is 11.9. The minimum absolute atomic E-state index is 0.676. The van der Waals surface area contributed by atoms with Gasteiger partial charge in [0.25, 0.3) is 0 Å². The number of aliphatic hydroxyl groups is 1. The van der Waals surface area contributed by atoms with E-state index in [1.165, 1.54) is 0 Å². The summed E-state index contributed by atoms with van der Waals surface area (Å²) < 4.78 is 6.36. The van der Waals surface area contributed by atoms with Crippen LogP contribution in [-0.4, -0.2) is 44.1 Å². The Balaban J connectivity index is 0.00000436. The number of rotatable bonds is 13. The molecule has 0 aliphatic carbocycles. The van der Waals surface area contributed by atoms with Gasteiger partial charge in [-0.25, -0.2) is 0 Å². The number of hydrogen-bond acceptors (Lipinski definition) is 6. The van der Waals surface area contributed by atoms with E-state index in [1.807, 2.05) is 51.3 Å². The van der Waals surface area contributed by atoms with E-state index in [0.717, 1.165) is 74.2 Å². The van der Waals surface area contributed by atoms with E-state index >= 15 is 0 Å². The largest absolute Gasteiger partial charge is 0.453 e. The molecule has 1 rings (SSSR count). The van der Waals surface area contributed by atoms with Crippen LogP contribution in [0.25, 0.3) is 0 Å². The maximum absolute atomic E-state index is 11.6. The molecule has 5 nitrogen and oxygen atoms in total. The number of benzene rings is 1. The molecule has 1 N–H and O–H groups in total. The zero-order valence-electron chi connectivity index (χ0n) is 20.3. The monoisotopic (exact) mass is 448 g/mol.